The van der Waals surface area contributed by atoms with Crippen molar-refractivity contribution in [3.05, 3.63) is 35.4 Å². The van der Waals surface area contributed by atoms with Crippen LogP contribution in [0, 0.1) is 12.8 Å². The first kappa shape index (κ1) is 15.5. The molecule has 1 unspecified atom stereocenters. The van der Waals surface area contributed by atoms with Gasteiger partial charge >= 0.3 is 0 Å². The largest absolute Gasteiger partial charge is 0.372 e. The highest BCUT2D eigenvalue weighted by Gasteiger charge is 2.18. The molecule has 0 amide bonds. The minimum atomic E-state index is 0.196. The molecule has 1 aliphatic rings. The number of hydrogen-bond acceptors (Lipinski definition) is 2. The number of hydrogen-bond donors (Lipinski definition) is 1. The molecule has 0 saturated heterocycles. The highest BCUT2D eigenvalue weighted by Crippen LogP contribution is 2.27. The summed E-state index contributed by atoms with van der Waals surface area (Å²) < 4.78 is 6.25. The van der Waals surface area contributed by atoms with Gasteiger partial charge in [-0.2, -0.15) is 0 Å². The van der Waals surface area contributed by atoms with E-state index in [9.17, 15) is 0 Å². The summed E-state index contributed by atoms with van der Waals surface area (Å²) >= 11 is 0. The lowest BCUT2D eigenvalue weighted by molar-refractivity contribution is 0.0295. The van der Waals surface area contributed by atoms with Gasteiger partial charge in [-0.1, -0.05) is 49.6 Å². The second kappa shape index (κ2) is 8.43. The molecule has 1 aliphatic carbocycles. The summed E-state index contributed by atoms with van der Waals surface area (Å²) in [6.45, 7) is 7.26. The molecule has 1 saturated carbocycles. The van der Waals surface area contributed by atoms with E-state index in [2.05, 4.69) is 43.4 Å². The first-order valence-electron chi connectivity index (χ1n) is 8.18. The fraction of sp³-hybridized carbons (Fsp3) is 0.667. The van der Waals surface area contributed by atoms with Crippen molar-refractivity contribution in [1.29, 1.82) is 0 Å². The quantitative estimate of drug-likeness (QED) is 0.716. The van der Waals surface area contributed by atoms with E-state index in [0.717, 1.165) is 25.6 Å². The van der Waals surface area contributed by atoms with E-state index in [0.29, 0.717) is 0 Å². The van der Waals surface area contributed by atoms with Gasteiger partial charge in [0, 0.05) is 6.54 Å². The Hall–Kier alpha value is -0.860. The van der Waals surface area contributed by atoms with Gasteiger partial charge in [-0.05, 0) is 44.2 Å². The monoisotopic (exact) mass is 275 g/mol. The van der Waals surface area contributed by atoms with Gasteiger partial charge in [0.2, 0.25) is 0 Å². The fourth-order valence-corrected chi connectivity index (χ4v) is 2.98. The van der Waals surface area contributed by atoms with Gasteiger partial charge in [0.15, 0.2) is 0 Å². The van der Waals surface area contributed by atoms with Gasteiger partial charge in [-0.3, -0.25) is 0 Å². The molecule has 20 heavy (non-hydrogen) atoms. The van der Waals surface area contributed by atoms with Crippen LogP contribution in [0.5, 0.6) is 0 Å². The number of ether oxygens (including phenoxy) is 1. The predicted octanol–water partition coefficient (Wildman–Crippen LogP) is 4.24. The molecule has 1 aromatic carbocycles. The van der Waals surface area contributed by atoms with Crippen molar-refractivity contribution in [3.8, 4) is 0 Å². The lowest BCUT2D eigenvalue weighted by Crippen LogP contribution is -2.25. The number of benzene rings is 1. The SMILES string of the molecule is CCCNCC(OCC1CCCC1)c1cccc(C)c1. The topological polar surface area (TPSA) is 21.3 Å². The van der Waals surface area contributed by atoms with Crippen molar-refractivity contribution in [1.82, 2.24) is 5.32 Å². The van der Waals surface area contributed by atoms with Crippen molar-refractivity contribution >= 4 is 0 Å². The summed E-state index contributed by atoms with van der Waals surface area (Å²) in [5.41, 5.74) is 2.62. The third-order valence-electron chi connectivity index (χ3n) is 4.18. The van der Waals surface area contributed by atoms with Gasteiger partial charge in [0.25, 0.3) is 0 Å². The smallest absolute Gasteiger partial charge is 0.0949 e. The summed E-state index contributed by atoms with van der Waals surface area (Å²) in [6, 6.07) is 8.74. The maximum absolute atomic E-state index is 6.25. The third-order valence-corrected chi connectivity index (χ3v) is 4.18. The Kier molecular flexibility index (Phi) is 6.55. The third kappa shape index (κ3) is 4.92. The zero-order chi connectivity index (χ0) is 14.2. The molecule has 0 bridgehead atoms. The molecule has 0 aliphatic heterocycles. The van der Waals surface area contributed by atoms with E-state index in [1.807, 2.05) is 0 Å². The Balaban J connectivity index is 1.92. The molecule has 1 N–H and O–H groups in total. The highest BCUT2D eigenvalue weighted by molar-refractivity contribution is 5.24. The summed E-state index contributed by atoms with van der Waals surface area (Å²) in [6.07, 6.45) is 6.84. The fourth-order valence-electron chi connectivity index (χ4n) is 2.98. The van der Waals surface area contributed by atoms with E-state index in [1.54, 1.807) is 0 Å². The van der Waals surface area contributed by atoms with Crippen molar-refractivity contribution < 1.29 is 4.74 Å². The van der Waals surface area contributed by atoms with Crippen LogP contribution in [0.2, 0.25) is 0 Å². The molecule has 1 fully saturated rings. The standard InChI is InChI=1S/C18H29NO/c1-3-11-19-13-18(17-10-6-7-15(2)12-17)20-14-16-8-4-5-9-16/h6-7,10,12,16,18-19H,3-5,8-9,11,13-14H2,1-2H3. The number of nitrogens with one attached hydrogen (secondary N) is 1. The Morgan fingerprint density at radius 1 is 1.30 bits per heavy atom. The van der Waals surface area contributed by atoms with E-state index in [4.69, 9.17) is 4.74 Å². The summed E-state index contributed by atoms with van der Waals surface area (Å²) in [5.74, 6) is 0.786. The van der Waals surface area contributed by atoms with Gasteiger partial charge in [-0.15, -0.1) is 0 Å². The normalized spacial score (nSPS) is 17.5. The highest BCUT2D eigenvalue weighted by atomic mass is 16.5. The van der Waals surface area contributed by atoms with E-state index >= 15 is 0 Å². The maximum atomic E-state index is 6.25. The Bertz CT molecular complexity index is 385. The van der Waals surface area contributed by atoms with Crippen LogP contribution in [0.3, 0.4) is 0 Å². The van der Waals surface area contributed by atoms with Crippen molar-refractivity contribution in [2.45, 2.75) is 52.1 Å². The molecule has 0 aromatic heterocycles. The molecule has 1 aromatic rings. The van der Waals surface area contributed by atoms with Crippen LogP contribution in [-0.4, -0.2) is 19.7 Å². The van der Waals surface area contributed by atoms with E-state index < -0.39 is 0 Å². The van der Waals surface area contributed by atoms with Crippen LogP contribution in [0.15, 0.2) is 24.3 Å². The van der Waals surface area contributed by atoms with Crippen LogP contribution in [-0.2, 0) is 4.74 Å². The van der Waals surface area contributed by atoms with Crippen molar-refractivity contribution in [2.75, 3.05) is 19.7 Å². The average Bonchev–Trinajstić information content (AvgIpc) is 2.96. The van der Waals surface area contributed by atoms with Gasteiger partial charge < -0.3 is 10.1 Å². The Morgan fingerprint density at radius 3 is 2.80 bits per heavy atom. The number of rotatable bonds is 8. The lowest BCUT2D eigenvalue weighted by atomic mass is 10.1. The van der Waals surface area contributed by atoms with Gasteiger partial charge in [0.05, 0.1) is 12.7 Å². The molecule has 0 spiro atoms. The van der Waals surface area contributed by atoms with Gasteiger partial charge in [0.1, 0.15) is 0 Å². The zero-order valence-corrected chi connectivity index (χ0v) is 13.0. The summed E-state index contributed by atoms with van der Waals surface area (Å²) in [5, 5.41) is 3.50. The second-order valence-corrected chi connectivity index (χ2v) is 6.09. The first-order chi connectivity index (χ1) is 9.79. The lowest BCUT2D eigenvalue weighted by Gasteiger charge is -2.21. The molecule has 2 nitrogen and oxygen atoms in total. The maximum Gasteiger partial charge on any atom is 0.0949 e. The molecule has 1 atom stereocenters. The van der Waals surface area contributed by atoms with E-state index in [1.165, 1.54) is 43.2 Å². The number of aryl methyl sites for hydroxylation is 1. The minimum Gasteiger partial charge on any atom is -0.372 e. The molecular formula is C18H29NO. The molecular weight excluding hydrogens is 246 g/mol. The van der Waals surface area contributed by atoms with Gasteiger partial charge in [-0.25, -0.2) is 0 Å². The predicted molar refractivity (Wildman–Crippen MR) is 85.0 cm³/mol. The van der Waals surface area contributed by atoms with Crippen LogP contribution in [0.25, 0.3) is 0 Å². The Labute approximate surface area is 123 Å². The molecule has 2 rings (SSSR count). The average molecular weight is 275 g/mol. The van der Waals surface area contributed by atoms with Crippen molar-refractivity contribution in [2.24, 2.45) is 5.92 Å². The molecule has 112 valence electrons. The van der Waals surface area contributed by atoms with Crippen LogP contribution >= 0.6 is 0 Å². The summed E-state index contributed by atoms with van der Waals surface area (Å²) in [7, 11) is 0. The van der Waals surface area contributed by atoms with Crippen molar-refractivity contribution in [3.63, 3.8) is 0 Å². The molecule has 0 heterocycles. The molecule has 0 radical (unpaired) electrons. The minimum absolute atomic E-state index is 0.196. The van der Waals surface area contributed by atoms with Crippen LogP contribution in [0.1, 0.15) is 56.3 Å². The van der Waals surface area contributed by atoms with Crippen LogP contribution < -0.4 is 5.32 Å². The van der Waals surface area contributed by atoms with E-state index in [-0.39, 0.29) is 6.10 Å². The first-order valence-corrected chi connectivity index (χ1v) is 8.18. The molecule has 2 heteroatoms. The van der Waals surface area contributed by atoms with Crippen LogP contribution in [0.4, 0.5) is 0 Å². The zero-order valence-electron chi connectivity index (χ0n) is 13.0. The second-order valence-electron chi connectivity index (χ2n) is 6.09. The Morgan fingerprint density at radius 2 is 2.10 bits per heavy atom. The summed E-state index contributed by atoms with van der Waals surface area (Å²) in [4.78, 5) is 0.